The molecule has 166 valence electrons. The van der Waals surface area contributed by atoms with Gasteiger partial charge in [-0.3, -0.25) is 9.59 Å². The van der Waals surface area contributed by atoms with Crippen LogP contribution in [0.25, 0.3) is 0 Å². The number of nitrogens with one attached hydrogen (secondary N) is 1. The highest BCUT2D eigenvalue weighted by Gasteiger charge is 2.31. The van der Waals surface area contributed by atoms with Crippen molar-refractivity contribution in [1.29, 1.82) is 0 Å². The van der Waals surface area contributed by atoms with Crippen LogP contribution in [-0.2, 0) is 11.2 Å². The summed E-state index contributed by atoms with van der Waals surface area (Å²) < 4.78 is 13.1. The highest BCUT2D eigenvalue weighted by Crippen LogP contribution is 2.24. The van der Waals surface area contributed by atoms with E-state index >= 15 is 0 Å². The zero-order valence-electron chi connectivity index (χ0n) is 18.2. The van der Waals surface area contributed by atoms with E-state index in [1.165, 1.54) is 29.8 Å². The second-order valence-corrected chi connectivity index (χ2v) is 8.68. The van der Waals surface area contributed by atoms with E-state index in [0.29, 0.717) is 24.6 Å². The highest BCUT2D eigenvalue weighted by atomic mass is 19.1. The number of hydrogen-bond donors (Lipinski definition) is 2. The molecule has 2 aromatic rings. The summed E-state index contributed by atoms with van der Waals surface area (Å²) in [6.07, 6.45) is 3.91. The Kier molecular flexibility index (Phi) is 7.66. The van der Waals surface area contributed by atoms with Crippen molar-refractivity contribution in [3.63, 3.8) is 0 Å². The fourth-order valence-corrected chi connectivity index (χ4v) is 4.01. The molecule has 0 aliphatic carbocycles. The summed E-state index contributed by atoms with van der Waals surface area (Å²) in [5.74, 6) is -0.0327. The Bertz CT molecular complexity index is 873. The van der Waals surface area contributed by atoms with Gasteiger partial charge in [-0.05, 0) is 79.5 Å². The van der Waals surface area contributed by atoms with Crippen LogP contribution < -0.4 is 5.32 Å². The van der Waals surface area contributed by atoms with Gasteiger partial charge < -0.3 is 15.3 Å². The average Bonchev–Trinajstić information content (AvgIpc) is 2.77. The van der Waals surface area contributed by atoms with Crippen molar-refractivity contribution in [3.8, 4) is 5.75 Å². The molecule has 1 aliphatic rings. The molecule has 5 nitrogen and oxygen atoms in total. The first-order valence-corrected chi connectivity index (χ1v) is 11.0. The minimum absolute atomic E-state index is 0.0517. The van der Waals surface area contributed by atoms with E-state index < -0.39 is 11.9 Å². The van der Waals surface area contributed by atoms with Crippen LogP contribution in [0.4, 0.5) is 4.39 Å². The van der Waals surface area contributed by atoms with Crippen molar-refractivity contribution in [3.05, 3.63) is 65.5 Å². The predicted molar refractivity (Wildman–Crippen MR) is 118 cm³/mol. The van der Waals surface area contributed by atoms with Gasteiger partial charge in [-0.1, -0.05) is 26.0 Å². The van der Waals surface area contributed by atoms with E-state index in [4.69, 9.17) is 0 Å². The second kappa shape index (κ2) is 10.4. The molecule has 1 saturated heterocycles. The third-order valence-corrected chi connectivity index (χ3v) is 6.03. The number of phenolic OH excluding ortho intramolecular Hbond substituents is 1. The molecule has 1 atom stereocenters. The molecule has 1 aliphatic heterocycles. The number of phenols is 1. The molecule has 2 amide bonds. The standard InChI is InChI=1S/C25H31FN2O3/c1-17(2)23(27-24(30)20-7-9-21(26)10-8-20)25(31)28-15-13-19(14-16-28)4-3-18-5-11-22(29)12-6-18/h5-12,17,19,23,29H,3-4,13-16H2,1-2H3,(H,27,30)/t23-/m1/s1. The summed E-state index contributed by atoms with van der Waals surface area (Å²) in [6.45, 7) is 5.21. The van der Waals surface area contributed by atoms with E-state index in [1.807, 2.05) is 30.9 Å². The van der Waals surface area contributed by atoms with Gasteiger partial charge in [0.15, 0.2) is 0 Å². The smallest absolute Gasteiger partial charge is 0.251 e. The lowest BCUT2D eigenvalue weighted by molar-refractivity contribution is -0.135. The summed E-state index contributed by atoms with van der Waals surface area (Å²) in [6, 6.07) is 12.0. The van der Waals surface area contributed by atoms with E-state index in [2.05, 4.69) is 5.32 Å². The Balaban J connectivity index is 1.51. The number of aryl methyl sites for hydroxylation is 1. The van der Waals surface area contributed by atoms with Gasteiger partial charge in [0, 0.05) is 18.7 Å². The third kappa shape index (κ3) is 6.29. The SMILES string of the molecule is CC(C)[C@@H](NC(=O)c1ccc(F)cc1)C(=O)N1CCC(CCc2ccc(O)cc2)CC1. The van der Waals surface area contributed by atoms with Crippen LogP contribution in [-0.4, -0.2) is 41.0 Å². The average molecular weight is 427 g/mol. The number of nitrogens with zero attached hydrogens (tertiary/aromatic N) is 1. The van der Waals surface area contributed by atoms with E-state index in [9.17, 15) is 19.1 Å². The number of carbonyl (C=O) groups excluding carboxylic acids is 2. The predicted octanol–water partition coefficient (Wildman–Crippen LogP) is 4.16. The van der Waals surface area contributed by atoms with Crippen molar-refractivity contribution in [2.75, 3.05) is 13.1 Å². The number of rotatable bonds is 7. The summed E-state index contributed by atoms with van der Waals surface area (Å²) in [7, 11) is 0. The van der Waals surface area contributed by atoms with Crippen LogP contribution in [0.3, 0.4) is 0 Å². The van der Waals surface area contributed by atoms with E-state index in [1.54, 1.807) is 12.1 Å². The molecule has 0 spiro atoms. The van der Waals surface area contributed by atoms with Crippen molar-refractivity contribution in [2.45, 2.75) is 45.6 Å². The van der Waals surface area contributed by atoms with Crippen LogP contribution in [0.2, 0.25) is 0 Å². The number of halogens is 1. The molecule has 1 fully saturated rings. The van der Waals surface area contributed by atoms with Crippen LogP contribution >= 0.6 is 0 Å². The number of aromatic hydroxyl groups is 1. The number of amides is 2. The maximum Gasteiger partial charge on any atom is 0.251 e. The molecule has 3 rings (SSSR count). The molecule has 0 radical (unpaired) electrons. The van der Waals surface area contributed by atoms with Crippen molar-refractivity contribution in [1.82, 2.24) is 10.2 Å². The van der Waals surface area contributed by atoms with Gasteiger partial charge >= 0.3 is 0 Å². The molecule has 0 aromatic heterocycles. The van der Waals surface area contributed by atoms with Crippen LogP contribution in [0.15, 0.2) is 48.5 Å². The topological polar surface area (TPSA) is 69.6 Å². The Morgan fingerprint density at radius 2 is 1.68 bits per heavy atom. The minimum atomic E-state index is -0.605. The first-order chi connectivity index (χ1) is 14.8. The van der Waals surface area contributed by atoms with Gasteiger partial charge in [0.05, 0.1) is 0 Å². The maximum absolute atomic E-state index is 13.1. The maximum atomic E-state index is 13.1. The van der Waals surface area contributed by atoms with Gasteiger partial charge in [-0.25, -0.2) is 4.39 Å². The largest absolute Gasteiger partial charge is 0.508 e. The minimum Gasteiger partial charge on any atom is -0.508 e. The van der Waals surface area contributed by atoms with Gasteiger partial charge in [-0.2, -0.15) is 0 Å². The second-order valence-electron chi connectivity index (χ2n) is 8.68. The monoisotopic (exact) mass is 426 g/mol. The molecule has 1 heterocycles. The molecule has 0 unspecified atom stereocenters. The van der Waals surface area contributed by atoms with Crippen molar-refractivity contribution < 1.29 is 19.1 Å². The Hall–Kier alpha value is -2.89. The van der Waals surface area contributed by atoms with Gasteiger partial charge in [0.25, 0.3) is 5.91 Å². The summed E-state index contributed by atoms with van der Waals surface area (Å²) in [5.41, 5.74) is 1.55. The van der Waals surface area contributed by atoms with Gasteiger partial charge in [0.1, 0.15) is 17.6 Å². The lowest BCUT2D eigenvalue weighted by Crippen LogP contribution is -2.53. The molecule has 0 saturated carbocycles. The highest BCUT2D eigenvalue weighted by molar-refractivity contribution is 5.97. The molecular weight excluding hydrogens is 395 g/mol. The Morgan fingerprint density at radius 3 is 2.26 bits per heavy atom. The van der Waals surface area contributed by atoms with Crippen molar-refractivity contribution >= 4 is 11.8 Å². The summed E-state index contributed by atoms with van der Waals surface area (Å²) in [5, 5.41) is 12.2. The zero-order chi connectivity index (χ0) is 22.4. The van der Waals surface area contributed by atoms with E-state index in [-0.39, 0.29) is 23.5 Å². The van der Waals surface area contributed by atoms with Gasteiger partial charge in [0.2, 0.25) is 5.91 Å². The number of carbonyl (C=O) groups is 2. The summed E-state index contributed by atoms with van der Waals surface area (Å²) >= 11 is 0. The third-order valence-electron chi connectivity index (χ3n) is 6.03. The zero-order valence-corrected chi connectivity index (χ0v) is 18.2. The molecule has 0 bridgehead atoms. The van der Waals surface area contributed by atoms with Crippen molar-refractivity contribution in [2.24, 2.45) is 11.8 Å². The molecule has 31 heavy (non-hydrogen) atoms. The van der Waals surface area contributed by atoms with E-state index in [0.717, 1.165) is 25.7 Å². The summed E-state index contributed by atoms with van der Waals surface area (Å²) in [4.78, 5) is 27.5. The molecule has 2 aromatic carbocycles. The first kappa shape index (κ1) is 22.8. The van der Waals surface area contributed by atoms with Crippen LogP contribution in [0.1, 0.15) is 49.0 Å². The Labute approximate surface area is 183 Å². The quantitative estimate of drug-likeness (QED) is 0.699. The first-order valence-electron chi connectivity index (χ1n) is 11.0. The number of benzene rings is 2. The fourth-order valence-electron chi connectivity index (χ4n) is 4.01. The number of hydrogen-bond acceptors (Lipinski definition) is 3. The molecular formula is C25H31FN2O3. The van der Waals surface area contributed by atoms with Crippen LogP contribution in [0, 0.1) is 17.7 Å². The van der Waals surface area contributed by atoms with Crippen LogP contribution in [0.5, 0.6) is 5.75 Å². The number of piperidine rings is 1. The molecule has 6 heteroatoms. The molecule has 2 N–H and O–H groups in total. The lowest BCUT2D eigenvalue weighted by atomic mass is 9.90. The fraction of sp³-hybridized carbons (Fsp3) is 0.440. The Morgan fingerprint density at radius 1 is 1.06 bits per heavy atom. The van der Waals surface area contributed by atoms with Gasteiger partial charge in [-0.15, -0.1) is 0 Å². The lowest BCUT2D eigenvalue weighted by Gasteiger charge is -2.35. The number of likely N-dealkylation sites (tertiary alicyclic amines) is 1. The normalized spacial score (nSPS) is 15.7.